The molecule has 6 heteroatoms. The lowest BCUT2D eigenvalue weighted by atomic mass is 10.0. The largest absolute Gasteiger partial charge is 0.467 e. The first-order valence-corrected chi connectivity index (χ1v) is 8.41. The van der Waals surface area contributed by atoms with Crippen LogP contribution in [0.4, 0.5) is 0 Å². The number of fused-ring (bicyclic) bond motifs is 1. The lowest BCUT2D eigenvalue weighted by molar-refractivity contribution is -0.154. The number of piperidine rings is 1. The molecule has 24 heavy (non-hydrogen) atoms. The van der Waals surface area contributed by atoms with E-state index in [9.17, 15) is 9.59 Å². The standard InChI is InChI=1S/C18H23N3O3/c1-13-19-14-7-3-4-8-15(14)20(13)12-10-17(22)21-11-6-5-9-16(21)18(23)24-2/h3-4,7-8,16H,5-6,9-12H2,1-2H3. The molecule has 0 N–H and O–H groups in total. The van der Waals surface area contributed by atoms with Crippen molar-refractivity contribution in [2.24, 2.45) is 0 Å². The Hall–Kier alpha value is -2.37. The smallest absolute Gasteiger partial charge is 0.328 e. The summed E-state index contributed by atoms with van der Waals surface area (Å²) in [6, 6.07) is 7.48. The zero-order valence-corrected chi connectivity index (χ0v) is 14.2. The zero-order chi connectivity index (χ0) is 17.1. The molecule has 1 aromatic heterocycles. The molecule has 1 aromatic carbocycles. The van der Waals surface area contributed by atoms with Gasteiger partial charge in [0.05, 0.1) is 18.1 Å². The second-order valence-corrected chi connectivity index (χ2v) is 6.17. The number of rotatable bonds is 4. The maximum absolute atomic E-state index is 12.7. The fraction of sp³-hybridized carbons (Fsp3) is 0.500. The number of ether oxygens (including phenoxy) is 1. The van der Waals surface area contributed by atoms with Crippen LogP contribution in [0.25, 0.3) is 11.0 Å². The minimum atomic E-state index is -0.433. The third kappa shape index (κ3) is 3.13. The first-order valence-electron chi connectivity index (χ1n) is 8.41. The highest BCUT2D eigenvalue weighted by Gasteiger charge is 2.32. The van der Waals surface area contributed by atoms with Crippen LogP contribution < -0.4 is 0 Å². The summed E-state index contributed by atoms with van der Waals surface area (Å²) in [5, 5.41) is 0. The van der Waals surface area contributed by atoms with Crippen LogP contribution in [-0.4, -0.2) is 46.0 Å². The molecule has 1 fully saturated rings. The monoisotopic (exact) mass is 329 g/mol. The topological polar surface area (TPSA) is 64.4 Å². The Bertz CT molecular complexity index is 753. The van der Waals surface area contributed by atoms with Gasteiger partial charge in [0.1, 0.15) is 11.9 Å². The van der Waals surface area contributed by atoms with Gasteiger partial charge in [0.15, 0.2) is 0 Å². The molecule has 0 saturated carbocycles. The van der Waals surface area contributed by atoms with Crippen molar-refractivity contribution < 1.29 is 14.3 Å². The van der Waals surface area contributed by atoms with Crippen molar-refractivity contribution in [3.8, 4) is 0 Å². The number of likely N-dealkylation sites (tertiary alicyclic amines) is 1. The van der Waals surface area contributed by atoms with E-state index in [0.717, 1.165) is 29.7 Å². The molecule has 1 aliphatic heterocycles. The first-order chi connectivity index (χ1) is 11.6. The van der Waals surface area contributed by atoms with Crippen LogP contribution >= 0.6 is 0 Å². The van der Waals surface area contributed by atoms with E-state index >= 15 is 0 Å². The zero-order valence-electron chi connectivity index (χ0n) is 14.2. The second-order valence-electron chi connectivity index (χ2n) is 6.17. The number of aryl methyl sites for hydroxylation is 2. The quantitative estimate of drug-likeness (QED) is 0.807. The molecule has 2 aromatic rings. The predicted molar refractivity (Wildman–Crippen MR) is 90.5 cm³/mol. The number of carbonyl (C=O) groups is 2. The Kier molecular flexibility index (Phi) is 4.83. The van der Waals surface area contributed by atoms with E-state index in [1.54, 1.807) is 4.90 Å². The molecular formula is C18H23N3O3. The molecule has 6 nitrogen and oxygen atoms in total. The predicted octanol–water partition coefficient (Wildman–Crippen LogP) is 2.29. The molecule has 3 rings (SSSR count). The Labute approximate surface area is 141 Å². The highest BCUT2D eigenvalue weighted by atomic mass is 16.5. The molecule has 0 aliphatic carbocycles. The first kappa shape index (κ1) is 16.5. The van der Waals surface area contributed by atoms with Gasteiger partial charge in [-0.15, -0.1) is 0 Å². The van der Waals surface area contributed by atoms with Crippen LogP contribution in [0.1, 0.15) is 31.5 Å². The van der Waals surface area contributed by atoms with Crippen molar-refractivity contribution >= 4 is 22.9 Å². The average molecular weight is 329 g/mol. The highest BCUT2D eigenvalue weighted by molar-refractivity contribution is 5.85. The lowest BCUT2D eigenvalue weighted by Gasteiger charge is -2.33. The summed E-state index contributed by atoms with van der Waals surface area (Å²) in [5.74, 6) is 0.585. The van der Waals surface area contributed by atoms with E-state index < -0.39 is 6.04 Å². The van der Waals surface area contributed by atoms with Crippen LogP contribution in [0.3, 0.4) is 0 Å². The van der Waals surface area contributed by atoms with Crippen molar-refractivity contribution in [3.05, 3.63) is 30.1 Å². The fourth-order valence-electron chi connectivity index (χ4n) is 3.44. The van der Waals surface area contributed by atoms with Gasteiger partial charge in [-0.2, -0.15) is 0 Å². The van der Waals surface area contributed by atoms with Crippen molar-refractivity contribution in [1.29, 1.82) is 0 Å². The van der Waals surface area contributed by atoms with E-state index in [1.807, 2.05) is 31.2 Å². The van der Waals surface area contributed by atoms with E-state index in [0.29, 0.717) is 25.9 Å². The highest BCUT2D eigenvalue weighted by Crippen LogP contribution is 2.20. The van der Waals surface area contributed by atoms with Crippen molar-refractivity contribution in [2.75, 3.05) is 13.7 Å². The molecule has 1 unspecified atom stereocenters. The summed E-state index contributed by atoms with van der Waals surface area (Å²) >= 11 is 0. The number of carbonyl (C=O) groups excluding carboxylic acids is 2. The van der Waals surface area contributed by atoms with Gasteiger partial charge >= 0.3 is 5.97 Å². The van der Waals surface area contributed by atoms with E-state index in [4.69, 9.17) is 4.74 Å². The van der Waals surface area contributed by atoms with Gasteiger partial charge in [0.25, 0.3) is 0 Å². The van der Waals surface area contributed by atoms with Crippen LogP contribution in [0.2, 0.25) is 0 Å². The number of nitrogens with zero attached hydrogens (tertiary/aromatic N) is 3. The van der Waals surface area contributed by atoms with E-state index in [1.165, 1.54) is 7.11 Å². The number of benzene rings is 1. The summed E-state index contributed by atoms with van der Waals surface area (Å²) < 4.78 is 6.91. The molecule has 128 valence electrons. The summed E-state index contributed by atoms with van der Waals surface area (Å²) in [6.45, 7) is 3.14. The summed E-state index contributed by atoms with van der Waals surface area (Å²) in [5.41, 5.74) is 1.97. The summed E-state index contributed by atoms with van der Waals surface area (Å²) in [7, 11) is 1.38. The molecule has 2 heterocycles. The number of hydrogen-bond acceptors (Lipinski definition) is 4. The maximum atomic E-state index is 12.7. The van der Waals surface area contributed by atoms with E-state index in [-0.39, 0.29) is 11.9 Å². The normalized spacial score (nSPS) is 17.9. The van der Waals surface area contributed by atoms with E-state index in [2.05, 4.69) is 9.55 Å². The van der Waals surface area contributed by atoms with Crippen LogP contribution in [0, 0.1) is 6.92 Å². The number of esters is 1. The Morgan fingerprint density at radius 3 is 2.88 bits per heavy atom. The van der Waals surface area contributed by atoms with Crippen LogP contribution in [0.5, 0.6) is 0 Å². The number of hydrogen-bond donors (Lipinski definition) is 0. The van der Waals surface area contributed by atoms with Crippen molar-refractivity contribution in [1.82, 2.24) is 14.5 Å². The minimum absolute atomic E-state index is 0.00211. The Balaban J connectivity index is 1.72. The number of aromatic nitrogens is 2. The summed E-state index contributed by atoms with van der Waals surface area (Å²) in [4.78, 5) is 30.8. The fourth-order valence-corrected chi connectivity index (χ4v) is 3.44. The number of para-hydroxylation sites is 2. The molecular weight excluding hydrogens is 306 g/mol. The van der Waals surface area contributed by atoms with Gasteiger partial charge in [0.2, 0.25) is 5.91 Å². The average Bonchev–Trinajstić information content (AvgIpc) is 2.94. The minimum Gasteiger partial charge on any atom is -0.467 e. The lowest BCUT2D eigenvalue weighted by Crippen LogP contribution is -2.48. The van der Waals surface area contributed by atoms with Crippen molar-refractivity contribution in [2.45, 2.75) is 45.2 Å². The number of amides is 1. The Morgan fingerprint density at radius 2 is 2.08 bits per heavy atom. The Morgan fingerprint density at radius 1 is 1.29 bits per heavy atom. The summed E-state index contributed by atoms with van der Waals surface area (Å²) in [6.07, 6.45) is 2.93. The number of imidazole rings is 1. The van der Waals surface area contributed by atoms with Crippen LogP contribution in [0.15, 0.2) is 24.3 Å². The third-order valence-corrected chi connectivity index (χ3v) is 4.69. The SMILES string of the molecule is COC(=O)C1CCCCN1C(=O)CCn1c(C)nc2ccccc21. The molecule has 1 saturated heterocycles. The molecule has 1 aliphatic rings. The maximum Gasteiger partial charge on any atom is 0.328 e. The van der Waals surface area contributed by atoms with Gasteiger partial charge in [-0.05, 0) is 38.3 Å². The van der Waals surface area contributed by atoms with Gasteiger partial charge in [-0.3, -0.25) is 4.79 Å². The molecule has 1 atom stereocenters. The third-order valence-electron chi connectivity index (χ3n) is 4.69. The number of methoxy groups -OCH3 is 1. The molecule has 0 bridgehead atoms. The van der Waals surface area contributed by atoms with Gasteiger partial charge in [-0.25, -0.2) is 9.78 Å². The van der Waals surface area contributed by atoms with Gasteiger partial charge < -0.3 is 14.2 Å². The van der Waals surface area contributed by atoms with Gasteiger partial charge in [0, 0.05) is 19.5 Å². The second kappa shape index (κ2) is 7.03. The molecule has 0 spiro atoms. The molecule has 0 radical (unpaired) electrons. The van der Waals surface area contributed by atoms with Crippen LogP contribution in [-0.2, 0) is 20.9 Å². The van der Waals surface area contributed by atoms with Crippen molar-refractivity contribution in [3.63, 3.8) is 0 Å². The molecule has 1 amide bonds. The van der Waals surface area contributed by atoms with Gasteiger partial charge in [-0.1, -0.05) is 12.1 Å².